The number of halogens is 2. The summed E-state index contributed by atoms with van der Waals surface area (Å²) in [5, 5.41) is 2.47. The Balaban J connectivity index is 0.00000192. The molecule has 3 rings (SSSR count). The first kappa shape index (κ1) is 14.6. The summed E-state index contributed by atoms with van der Waals surface area (Å²) in [6.45, 7) is 3.24. The van der Waals surface area contributed by atoms with Gasteiger partial charge in [0.2, 0.25) is 5.91 Å². The van der Waals surface area contributed by atoms with E-state index in [-0.39, 0.29) is 7.24 Å². The highest BCUT2D eigenvalue weighted by molar-refractivity contribution is 5.95. The van der Waals surface area contributed by atoms with Gasteiger partial charge in [0.25, 0.3) is 5.92 Å². The second kappa shape index (κ2) is 5.12. The van der Waals surface area contributed by atoms with Gasteiger partial charge in [0.1, 0.15) is 11.7 Å². The predicted molar refractivity (Wildman–Crippen MR) is 80.5 cm³/mol. The second-order valence-corrected chi connectivity index (χ2v) is 5.53. The largest absolute Gasteiger partial charge is 0.310 e. The number of anilines is 1. The smallest absolute Gasteiger partial charge is 0.263 e. The van der Waals surface area contributed by atoms with Gasteiger partial charge in [-0.15, -0.1) is 0 Å². The Hall–Kier alpha value is -2.37. The van der Waals surface area contributed by atoms with Crippen molar-refractivity contribution < 1.29 is 15.0 Å². The van der Waals surface area contributed by atoms with Crippen molar-refractivity contribution in [2.75, 3.05) is 5.32 Å². The lowest BCUT2D eigenvalue weighted by molar-refractivity contribution is -0.119. The van der Waals surface area contributed by atoms with E-state index < -0.39 is 23.7 Å². The van der Waals surface area contributed by atoms with Gasteiger partial charge in [-0.25, -0.2) is 13.8 Å². The monoisotopic (exact) mass is 305 g/mol. The number of carbonyl (C=O) groups excluding carboxylic acids is 1. The first-order valence-electron chi connectivity index (χ1n) is 6.98. The van der Waals surface area contributed by atoms with Crippen LogP contribution in [0.1, 0.15) is 13.9 Å². The highest BCUT2D eigenvalue weighted by atomic mass is 19.3. The average Bonchev–Trinajstić information content (AvgIpc) is 3.00. The topological polar surface area (TPSA) is 54.9 Å². The SMILES string of the molecule is Cc1cnc(NC(=O)[C@H]2C(C)C2(F)F)cc1-c1ccccn1.[HH]. The molecule has 2 aromatic rings. The molecule has 1 saturated carbocycles. The zero-order valence-electron chi connectivity index (χ0n) is 12.2. The van der Waals surface area contributed by atoms with Gasteiger partial charge in [-0.2, -0.15) is 0 Å². The molecule has 1 unspecified atom stereocenters. The molecule has 0 aromatic carbocycles. The third-order valence-electron chi connectivity index (χ3n) is 3.99. The summed E-state index contributed by atoms with van der Waals surface area (Å²) < 4.78 is 26.5. The fourth-order valence-corrected chi connectivity index (χ4v) is 2.48. The minimum Gasteiger partial charge on any atom is -0.310 e. The van der Waals surface area contributed by atoms with Gasteiger partial charge < -0.3 is 5.32 Å². The summed E-state index contributed by atoms with van der Waals surface area (Å²) >= 11 is 0. The lowest BCUT2D eigenvalue weighted by Crippen LogP contribution is -2.18. The zero-order chi connectivity index (χ0) is 15.9. The summed E-state index contributed by atoms with van der Waals surface area (Å²) in [7, 11) is 0. The highest BCUT2D eigenvalue weighted by Crippen LogP contribution is 2.55. The fourth-order valence-electron chi connectivity index (χ4n) is 2.48. The summed E-state index contributed by atoms with van der Waals surface area (Å²) in [6.07, 6.45) is 3.26. The average molecular weight is 305 g/mol. The Morgan fingerprint density at radius 1 is 1.36 bits per heavy atom. The van der Waals surface area contributed by atoms with Gasteiger partial charge in [0, 0.05) is 25.3 Å². The van der Waals surface area contributed by atoms with E-state index in [1.165, 1.54) is 6.92 Å². The normalized spacial score (nSPS) is 22.2. The molecule has 2 atom stereocenters. The molecule has 116 valence electrons. The van der Waals surface area contributed by atoms with Crippen LogP contribution in [0.2, 0.25) is 0 Å². The van der Waals surface area contributed by atoms with Crippen molar-refractivity contribution in [3.63, 3.8) is 0 Å². The lowest BCUT2D eigenvalue weighted by atomic mass is 10.1. The summed E-state index contributed by atoms with van der Waals surface area (Å²) in [4.78, 5) is 20.2. The summed E-state index contributed by atoms with van der Waals surface area (Å²) in [5.74, 6) is -5.55. The Morgan fingerprint density at radius 3 is 2.68 bits per heavy atom. The number of hydrogen-bond donors (Lipinski definition) is 1. The van der Waals surface area contributed by atoms with E-state index >= 15 is 0 Å². The number of carbonyl (C=O) groups is 1. The van der Waals surface area contributed by atoms with E-state index in [0.717, 1.165) is 16.8 Å². The molecule has 1 aliphatic rings. The van der Waals surface area contributed by atoms with Crippen molar-refractivity contribution in [2.45, 2.75) is 19.8 Å². The third-order valence-corrected chi connectivity index (χ3v) is 3.99. The molecule has 2 heterocycles. The van der Waals surface area contributed by atoms with Crippen molar-refractivity contribution in [3.05, 3.63) is 42.2 Å². The molecule has 2 aromatic heterocycles. The van der Waals surface area contributed by atoms with Crippen molar-refractivity contribution in [1.82, 2.24) is 9.97 Å². The standard InChI is InChI=1S/C16H15F2N3O.H2/c1-9-8-20-13(7-11(9)12-5-3-4-6-19-12)21-15(22)14-10(2)16(14,17)18;/h3-8,10,14H,1-2H3,(H,20,21,22);1H/t10?,14-;/m1./s1. The van der Waals surface area contributed by atoms with E-state index in [1.807, 2.05) is 19.1 Å². The molecular formula is C16H17F2N3O. The van der Waals surface area contributed by atoms with Gasteiger partial charge in [-0.3, -0.25) is 9.78 Å². The molecule has 0 radical (unpaired) electrons. The molecule has 0 spiro atoms. The number of aromatic nitrogens is 2. The molecule has 4 nitrogen and oxygen atoms in total. The first-order chi connectivity index (χ1) is 10.4. The molecule has 6 heteroatoms. The molecule has 1 N–H and O–H groups in total. The number of aryl methyl sites for hydroxylation is 1. The van der Waals surface area contributed by atoms with E-state index in [9.17, 15) is 13.6 Å². The van der Waals surface area contributed by atoms with Crippen LogP contribution < -0.4 is 5.32 Å². The molecule has 22 heavy (non-hydrogen) atoms. The van der Waals surface area contributed by atoms with Gasteiger partial charge in [0.05, 0.1) is 5.69 Å². The lowest BCUT2D eigenvalue weighted by Gasteiger charge is -2.09. The molecule has 1 aliphatic carbocycles. The molecular weight excluding hydrogens is 288 g/mol. The van der Waals surface area contributed by atoms with Gasteiger partial charge in [-0.1, -0.05) is 13.0 Å². The Kier molecular flexibility index (Phi) is 3.39. The maximum absolute atomic E-state index is 13.3. The van der Waals surface area contributed by atoms with Crippen LogP contribution in [0, 0.1) is 18.8 Å². The second-order valence-electron chi connectivity index (χ2n) is 5.53. The number of amides is 1. The minimum absolute atomic E-state index is 0. The number of nitrogens with one attached hydrogen (secondary N) is 1. The Labute approximate surface area is 128 Å². The van der Waals surface area contributed by atoms with Crippen LogP contribution in [-0.2, 0) is 4.79 Å². The maximum atomic E-state index is 13.3. The van der Waals surface area contributed by atoms with Crippen LogP contribution in [-0.4, -0.2) is 21.8 Å². The van der Waals surface area contributed by atoms with Gasteiger partial charge >= 0.3 is 0 Å². The molecule has 0 saturated heterocycles. The van der Waals surface area contributed by atoms with Gasteiger partial charge in [0.15, 0.2) is 0 Å². The van der Waals surface area contributed by atoms with Gasteiger partial charge in [-0.05, 0) is 30.7 Å². The van der Waals surface area contributed by atoms with Crippen molar-refractivity contribution in [2.24, 2.45) is 11.8 Å². The van der Waals surface area contributed by atoms with E-state index in [0.29, 0.717) is 0 Å². The quantitative estimate of drug-likeness (QED) is 0.943. The van der Waals surface area contributed by atoms with Crippen LogP contribution in [0.3, 0.4) is 0 Å². The van der Waals surface area contributed by atoms with Crippen molar-refractivity contribution in [1.29, 1.82) is 0 Å². The zero-order valence-corrected chi connectivity index (χ0v) is 12.2. The van der Waals surface area contributed by atoms with Crippen LogP contribution in [0.5, 0.6) is 0 Å². The van der Waals surface area contributed by atoms with Crippen molar-refractivity contribution >= 4 is 11.7 Å². The Morgan fingerprint density at radius 2 is 2.09 bits per heavy atom. The van der Waals surface area contributed by atoms with E-state index in [1.54, 1.807) is 24.5 Å². The summed E-state index contributed by atoms with van der Waals surface area (Å²) in [5.41, 5.74) is 2.44. The number of pyridine rings is 2. The number of alkyl halides is 2. The van der Waals surface area contributed by atoms with Crippen LogP contribution in [0.4, 0.5) is 14.6 Å². The van der Waals surface area contributed by atoms with Crippen molar-refractivity contribution in [3.8, 4) is 11.3 Å². The van der Waals surface area contributed by atoms with E-state index in [4.69, 9.17) is 0 Å². The van der Waals surface area contributed by atoms with Crippen LogP contribution >= 0.6 is 0 Å². The number of rotatable bonds is 3. The van der Waals surface area contributed by atoms with Crippen LogP contribution in [0.25, 0.3) is 11.3 Å². The summed E-state index contributed by atoms with van der Waals surface area (Å²) in [6, 6.07) is 7.15. The molecule has 0 aliphatic heterocycles. The van der Waals surface area contributed by atoms with Crippen LogP contribution in [0.15, 0.2) is 36.7 Å². The predicted octanol–water partition coefficient (Wildman–Crippen LogP) is 3.54. The minimum atomic E-state index is -2.92. The molecule has 1 fully saturated rings. The number of nitrogens with zero attached hydrogens (tertiary/aromatic N) is 2. The van der Waals surface area contributed by atoms with E-state index in [2.05, 4.69) is 15.3 Å². The number of hydrogen-bond acceptors (Lipinski definition) is 3. The Bertz CT molecular complexity index is 725. The fraction of sp³-hybridized carbons (Fsp3) is 0.312. The first-order valence-corrected chi connectivity index (χ1v) is 6.98. The maximum Gasteiger partial charge on any atom is 0.263 e. The highest BCUT2D eigenvalue weighted by Gasteiger charge is 2.69. The molecule has 0 bridgehead atoms. The third kappa shape index (κ3) is 2.45. The molecule has 1 amide bonds.